The maximum absolute atomic E-state index is 13.1. The van der Waals surface area contributed by atoms with E-state index in [-0.39, 0.29) is 23.6 Å². The van der Waals surface area contributed by atoms with Crippen molar-refractivity contribution in [3.05, 3.63) is 70.5 Å². The van der Waals surface area contributed by atoms with Crippen molar-refractivity contribution in [3.8, 4) is 0 Å². The fraction of sp³-hybridized carbons (Fsp3) is 0.333. The molecule has 1 aliphatic carbocycles. The Morgan fingerprint density at radius 1 is 1.03 bits per heavy atom. The van der Waals surface area contributed by atoms with Gasteiger partial charge in [-0.1, -0.05) is 42.5 Å². The molecule has 29 heavy (non-hydrogen) atoms. The number of aryl methyl sites for hydroxylation is 3. The van der Waals surface area contributed by atoms with Gasteiger partial charge in [-0.25, -0.2) is 0 Å². The number of nitrogens with one attached hydrogen (secondary N) is 2. The Morgan fingerprint density at radius 3 is 2.38 bits per heavy atom. The Balaban J connectivity index is 1.61. The lowest BCUT2D eigenvalue weighted by Crippen LogP contribution is -2.48. The number of carbonyl (C=O) groups excluding carboxylic acids is 2. The third-order valence-electron chi connectivity index (χ3n) is 5.52. The van der Waals surface area contributed by atoms with E-state index in [2.05, 4.69) is 10.6 Å². The van der Waals surface area contributed by atoms with Crippen LogP contribution in [-0.4, -0.2) is 23.9 Å². The SMILES string of the molecule is Cc1ccc(C)c2c(C)c(C(=O)NC(Cc3ccccc3)C(=O)NC3CC3)oc12. The summed E-state index contributed by atoms with van der Waals surface area (Å²) >= 11 is 0. The van der Waals surface area contributed by atoms with Crippen molar-refractivity contribution in [3.63, 3.8) is 0 Å². The zero-order valence-corrected chi connectivity index (χ0v) is 17.0. The first kappa shape index (κ1) is 19.2. The van der Waals surface area contributed by atoms with E-state index in [4.69, 9.17) is 4.42 Å². The molecule has 2 amide bonds. The summed E-state index contributed by atoms with van der Waals surface area (Å²) in [6, 6.07) is 13.3. The van der Waals surface area contributed by atoms with Crippen molar-refractivity contribution in [2.75, 3.05) is 0 Å². The zero-order valence-electron chi connectivity index (χ0n) is 17.0. The molecular formula is C24H26N2O3. The number of rotatable bonds is 6. The third kappa shape index (κ3) is 4.04. The van der Waals surface area contributed by atoms with Gasteiger partial charge >= 0.3 is 0 Å². The third-order valence-corrected chi connectivity index (χ3v) is 5.52. The van der Waals surface area contributed by atoms with E-state index in [1.165, 1.54) is 0 Å². The molecule has 3 aromatic rings. The first-order chi connectivity index (χ1) is 13.9. The van der Waals surface area contributed by atoms with E-state index in [1.54, 1.807) is 0 Å². The highest BCUT2D eigenvalue weighted by Gasteiger charge is 2.30. The van der Waals surface area contributed by atoms with Gasteiger partial charge < -0.3 is 15.1 Å². The standard InChI is InChI=1S/C24H26N2O3/c1-14-9-10-15(2)21-20(14)16(3)22(29-21)24(28)26-19(23(27)25-18-11-12-18)13-17-7-5-4-6-8-17/h4-10,18-19H,11-13H2,1-3H3,(H,25,27)(H,26,28). The van der Waals surface area contributed by atoms with Crippen LogP contribution in [0.5, 0.6) is 0 Å². The number of hydrogen-bond donors (Lipinski definition) is 2. The van der Waals surface area contributed by atoms with Gasteiger partial charge in [-0.05, 0) is 50.3 Å². The van der Waals surface area contributed by atoms with Crippen molar-refractivity contribution in [1.82, 2.24) is 10.6 Å². The van der Waals surface area contributed by atoms with Gasteiger partial charge in [0.2, 0.25) is 5.91 Å². The first-order valence-electron chi connectivity index (χ1n) is 10.1. The van der Waals surface area contributed by atoms with E-state index in [0.717, 1.165) is 46.1 Å². The Bertz CT molecular complexity index is 1060. The molecule has 1 atom stereocenters. The molecule has 1 saturated carbocycles. The minimum Gasteiger partial charge on any atom is -0.450 e. The van der Waals surface area contributed by atoms with Crippen molar-refractivity contribution < 1.29 is 14.0 Å². The van der Waals surface area contributed by atoms with E-state index in [0.29, 0.717) is 6.42 Å². The predicted molar refractivity (Wildman–Crippen MR) is 113 cm³/mol. The maximum atomic E-state index is 13.1. The zero-order chi connectivity index (χ0) is 20.5. The topological polar surface area (TPSA) is 71.3 Å². The Kier molecular flexibility index (Phi) is 5.14. The molecule has 1 aromatic heterocycles. The maximum Gasteiger partial charge on any atom is 0.287 e. The normalized spacial score (nSPS) is 14.6. The fourth-order valence-corrected chi connectivity index (χ4v) is 3.70. The van der Waals surface area contributed by atoms with Crippen molar-refractivity contribution in [2.45, 2.75) is 52.1 Å². The molecular weight excluding hydrogens is 364 g/mol. The van der Waals surface area contributed by atoms with Gasteiger partial charge in [-0.3, -0.25) is 9.59 Å². The number of furan rings is 1. The highest BCUT2D eigenvalue weighted by molar-refractivity contribution is 6.02. The second-order valence-electron chi connectivity index (χ2n) is 7.96. The Morgan fingerprint density at radius 2 is 1.72 bits per heavy atom. The van der Waals surface area contributed by atoms with Gasteiger partial charge in [-0.15, -0.1) is 0 Å². The molecule has 0 radical (unpaired) electrons. The lowest BCUT2D eigenvalue weighted by atomic mass is 10.0. The van der Waals surface area contributed by atoms with Gasteiger partial charge in [0.25, 0.3) is 5.91 Å². The van der Waals surface area contributed by atoms with Gasteiger partial charge in [0.1, 0.15) is 11.6 Å². The Labute approximate surface area is 170 Å². The van der Waals surface area contributed by atoms with Crippen LogP contribution in [0.4, 0.5) is 0 Å². The molecule has 1 heterocycles. The molecule has 0 aliphatic heterocycles. The summed E-state index contributed by atoms with van der Waals surface area (Å²) in [5.74, 6) is -0.232. The average molecular weight is 390 g/mol. The minimum atomic E-state index is -0.652. The number of amides is 2. The van der Waals surface area contributed by atoms with E-state index < -0.39 is 6.04 Å². The highest BCUT2D eigenvalue weighted by Crippen LogP contribution is 2.30. The van der Waals surface area contributed by atoms with Gasteiger partial charge in [0, 0.05) is 23.4 Å². The summed E-state index contributed by atoms with van der Waals surface area (Å²) in [6.07, 6.45) is 2.43. The quantitative estimate of drug-likeness (QED) is 0.669. The van der Waals surface area contributed by atoms with Crippen LogP contribution in [-0.2, 0) is 11.2 Å². The number of fused-ring (bicyclic) bond motifs is 1. The minimum absolute atomic E-state index is 0.147. The molecule has 0 saturated heterocycles. The summed E-state index contributed by atoms with van der Waals surface area (Å²) in [5.41, 5.74) is 4.59. The first-order valence-corrected chi connectivity index (χ1v) is 10.1. The summed E-state index contributed by atoms with van der Waals surface area (Å²) in [7, 11) is 0. The van der Waals surface area contributed by atoms with Crippen LogP contribution in [0.15, 0.2) is 46.9 Å². The van der Waals surface area contributed by atoms with Crippen LogP contribution >= 0.6 is 0 Å². The molecule has 2 aromatic carbocycles. The van der Waals surface area contributed by atoms with Gasteiger partial charge in [-0.2, -0.15) is 0 Å². The summed E-state index contributed by atoms with van der Waals surface area (Å²) in [4.78, 5) is 25.9. The summed E-state index contributed by atoms with van der Waals surface area (Å²) < 4.78 is 5.95. The number of carbonyl (C=O) groups is 2. The fourth-order valence-electron chi connectivity index (χ4n) is 3.70. The van der Waals surface area contributed by atoms with E-state index in [1.807, 2.05) is 63.2 Å². The van der Waals surface area contributed by atoms with Gasteiger partial charge in [0.05, 0.1) is 0 Å². The molecule has 0 bridgehead atoms. The smallest absolute Gasteiger partial charge is 0.287 e. The van der Waals surface area contributed by atoms with Crippen molar-refractivity contribution in [1.29, 1.82) is 0 Å². The molecule has 0 spiro atoms. The van der Waals surface area contributed by atoms with Gasteiger partial charge in [0.15, 0.2) is 5.76 Å². The average Bonchev–Trinajstić information content (AvgIpc) is 3.44. The summed E-state index contributed by atoms with van der Waals surface area (Å²) in [6.45, 7) is 5.87. The molecule has 4 rings (SSSR count). The molecule has 5 nitrogen and oxygen atoms in total. The van der Waals surface area contributed by atoms with Crippen molar-refractivity contribution >= 4 is 22.8 Å². The van der Waals surface area contributed by atoms with E-state index in [9.17, 15) is 9.59 Å². The van der Waals surface area contributed by atoms with Crippen LogP contribution < -0.4 is 10.6 Å². The van der Waals surface area contributed by atoms with Crippen LogP contribution in [0, 0.1) is 20.8 Å². The number of hydrogen-bond acceptors (Lipinski definition) is 3. The lowest BCUT2D eigenvalue weighted by Gasteiger charge is -2.18. The van der Waals surface area contributed by atoms with Crippen LogP contribution in [0.1, 0.15) is 45.7 Å². The molecule has 5 heteroatoms. The van der Waals surface area contributed by atoms with Crippen molar-refractivity contribution in [2.24, 2.45) is 0 Å². The largest absolute Gasteiger partial charge is 0.450 e. The molecule has 1 fully saturated rings. The highest BCUT2D eigenvalue weighted by atomic mass is 16.3. The second-order valence-corrected chi connectivity index (χ2v) is 7.96. The predicted octanol–water partition coefficient (Wildman–Crippen LogP) is 3.98. The second kappa shape index (κ2) is 7.74. The van der Waals surface area contributed by atoms with Crippen LogP contribution in [0.25, 0.3) is 11.0 Å². The molecule has 150 valence electrons. The lowest BCUT2D eigenvalue weighted by molar-refractivity contribution is -0.123. The molecule has 1 unspecified atom stereocenters. The molecule has 2 N–H and O–H groups in total. The number of benzene rings is 2. The Hall–Kier alpha value is -3.08. The van der Waals surface area contributed by atoms with Crippen LogP contribution in [0.2, 0.25) is 0 Å². The van der Waals surface area contributed by atoms with E-state index >= 15 is 0 Å². The molecule has 1 aliphatic rings. The summed E-state index contributed by atoms with van der Waals surface area (Å²) in [5, 5.41) is 6.89. The van der Waals surface area contributed by atoms with Crippen LogP contribution in [0.3, 0.4) is 0 Å². The monoisotopic (exact) mass is 390 g/mol.